The van der Waals surface area contributed by atoms with Crippen molar-refractivity contribution < 1.29 is 4.74 Å². The Bertz CT molecular complexity index is 193. The van der Waals surface area contributed by atoms with E-state index in [2.05, 4.69) is 16.9 Å². The zero-order valence-electron chi connectivity index (χ0n) is 5.87. The first-order valence-electron chi connectivity index (χ1n) is 3.24. The Balaban J connectivity index is 2.69. The van der Waals surface area contributed by atoms with E-state index in [4.69, 9.17) is 4.74 Å². The molecule has 1 aromatic carbocycles. The zero-order chi connectivity index (χ0) is 7.40. The average molecular weight is 196 g/mol. The van der Waals surface area contributed by atoms with E-state index in [1.54, 1.807) is 0 Å². The van der Waals surface area contributed by atoms with Gasteiger partial charge in [0.2, 0.25) is 0 Å². The van der Waals surface area contributed by atoms with Crippen LogP contribution >= 0.6 is 0 Å². The Morgan fingerprint density at radius 1 is 1.30 bits per heavy atom. The second-order valence-electron chi connectivity index (χ2n) is 1.93. The Labute approximate surface area is 69.9 Å². The van der Waals surface area contributed by atoms with E-state index >= 15 is 0 Å². The molecule has 0 N–H and O–H groups in total. The maximum absolute atomic E-state index is 5.25. The molecule has 0 amide bonds. The van der Waals surface area contributed by atoms with Gasteiger partial charge in [0.15, 0.2) is 0 Å². The van der Waals surface area contributed by atoms with Gasteiger partial charge >= 0.3 is 69.5 Å². The van der Waals surface area contributed by atoms with Gasteiger partial charge in [0.25, 0.3) is 0 Å². The van der Waals surface area contributed by atoms with Crippen molar-refractivity contribution in [1.29, 1.82) is 0 Å². The van der Waals surface area contributed by atoms with Crippen LogP contribution in [0.4, 0.5) is 0 Å². The van der Waals surface area contributed by atoms with Gasteiger partial charge in [-0.3, -0.25) is 0 Å². The second kappa shape index (κ2) is 3.68. The molecule has 1 aromatic rings. The summed E-state index contributed by atoms with van der Waals surface area (Å²) in [5, 5.41) is 0. The van der Waals surface area contributed by atoms with Gasteiger partial charge in [-0.2, -0.15) is 0 Å². The first-order chi connectivity index (χ1) is 4.83. The van der Waals surface area contributed by atoms with E-state index in [1.165, 1.54) is 4.35 Å². The molecule has 0 heterocycles. The van der Waals surface area contributed by atoms with Crippen LogP contribution in [-0.2, 0) is 0 Å². The van der Waals surface area contributed by atoms with Gasteiger partial charge in [-0.15, -0.1) is 0 Å². The Hall–Kier alpha value is -0.422. The molecular weight excluding hydrogens is 187 g/mol. The molecule has 0 spiro atoms. The molecule has 0 aliphatic heterocycles. The van der Waals surface area contributed by atoms with Crippen LogP contribution in [-0.4, -0.2) is 23.5 Å². The van der Waals surface area contributed by atoms with Crippen molar-refractivity contribution in [2.24, 2.45) is 0 Å². The monoisotopic (exact) mass is 196 g/mol. The van der Waals surface area contributed by atoms with E-state index in [0.29, 0.717) is 0 Å². The summed E-state index contributed by atoms with van der Waals surface area (Å²) in [5.74, 6) is 0.942. The number of rotatable bonds is 2. The van der Waals surface area contributed by atoms with Gasteiger partial charge in [-0.1, -0.05) is 0 Å². The van der Waals surface area contributed by atoms with Crippen molar-refractivity contribution in [3.05, 3.63) is 24.3 Å². The number of ether oxygens (including phenoxy) is 1. The van der Waals surface area contributed by atoms with E-state index in [1.807, 2.05) is 31.2 Å². The van der Waals surface area contributed by atoms with E-state index in [0.717, 1.165) is 12.4 Å². The third-order valence-corrected chi connectivity index (χ3v) is 1.77. The molecule has 10 heavy (non-hydrogen) atoms. The molecule has 0 aromatic heterocycles. The quantitative estimate of drug-likeness (QED) is 0.638. The Kier molecular flexibility index (Phi) is 2.82. The van der Waals surface area contributed by atoms with E-state index in [9.17, 15) is 0 Å². The van der Waals surface area contributed by atoms with Crippen LogP contribution in [0.3, 0.4) is 0 Å². The summed E-state index contributed by atoms with van der Waals surface area (Å²) in [6.45, 7) is 2.72. The van der Waals surface area contributed by atoms with Gasteiger partial charge in [0.05, 0.1) is 0 Å². The van der Waals surface area contributed by atoms with Crippen LogP contribution < -0.4 is 9.09 Å². The van der Waals surface area contributed by atoms with E-state index < -0.39 is 0 Å². The van der Waals surface area contributed by atoms with Gasteiger partial charge in [-0.25, -0.2) is 0 Å². The molecule has 0 saturated heterocycles. The van der Waals surface area contributed by atoms with Crippen molar-refractivity contribution in [1.82, 2.24) is 0 Å². The van der Waals surface area contributed by atoms with Crippen LogP contribution in [0.1, 0.15) is 6.92 Å². The predicted molar refractivity (Wildman–Crippen MR) is 43.0 cm³/mol. The molecule has 0 aliphatic carbocycles. The molecule has 0 saturated carbocycles. The molecule has 1 rings (SSSR count). The average Bonchev–Trinajstić information content (AvgIpc) is 1.95. The fourth-order valence-corrected chi connectivity index (χ4v) is 1.02. The normalized spacial score (nSPS) is 9.40. The van der Waals surface area contributed by atoms with Crippen molar-refractivity contribution in [3.8, 4) is 5.75 Å². The van der Waals surface area contributed by atoms with Crippen LogP contribution in [0.15, 0.2) is 24.3 Å². The van der Waals surface area contributed by atoms with E-state index in [-0.39, 0.29) is 0 Å². The molecule has 0 aliphatic rings. The van der Waals surface area contributed by atoms with Gasteiger partial charge in [0, 0.05) is 0 Å². The van der Waals surface area contributed by atoms with Gasteiger partial charge < -0.3 is 0 Å². The minimum absolute atomic E-state index is 0.734. The Morgan fingerprint density at radius 3 is 2.40 bits per heavy atom. The summed E-state index contributed by atoms with van der Waals surface area (Å²) in [5.41, 5.74) is 0. The molecule has 0 unspecified atom stereocenters. The van der Waals surface area contributed by atoms with Crippen molar-refractivity contribution >= 4 is 21.2 Å². The summed E-state index contributed by atoms with van der Waals surface area (Å²) >= 11 is 2.49. The molecule has 2 radical (unpaired) electrons. The fraction of sp³-hybridized carbons (Fsp3) is 0.250. The first-order valence-corrected chi connectivity index (χ1v) is 4.18. The van der Waals surface area contributed by atoms with Crippen LogP contribution in [0.2, 0.25) is 0 Å². The minimum atomic E-state index is 0.734. The topological polar surface area (TPSA) is 9.23 Å². The first kappa shape index (κ1) is 7.68. The van der Waals surface area contributed by atoms with Gasteiger partial charge in [-0.05, 0) is 0 Å². The summed E-state index contributed by atoms with van der Waals surface area (Å²) in [7, 11) is 0. The fourth-order valence-electron chi connectivity index (χ4n) is 0.709. The number of hydrogen-bond donors (Lipinski definition) is 0. The number of benzene rings is 1. The number of hydrogen-bond acceptors (Lipinski definition) is 1. The Morgan fingerprint density at radius 2 is 1.90 bits per heavy atom. The van der Waals surface area contributed by atoms with Crippen LogP contribution in [0.5, 0.6) is 5.75 Å². The molecule has 0 atom stereocenters. The molecule has 0 fully saturated rings. The van der Waals surface area contributed by atoms with Gasteiger partial charge in [0.1, 0.15) is 0 Å². The second-order valence-corrected chi connectivity index (χ2v) is 3.01. The molecule has 52 valence electrons. The summed E-state index contributed by atoms with van der Waals surface area (Å²) in [4.78, 5) is 0. The van der Waals surface area contributed by atoms with Crippen LogP contribution in [0, 0.1) is 0 Å². The predicted octanol–water partition coefficient (Wildman–Crippen LogP) is 0.879. The third kappa shape index (κ3) is 2.07. The summed E-state index contributed by atoms with van der Waals surface area (Å²) in [6, 6.07) is 7.98. The van der Waals surface area contributed by atoms with Crippen molar-refractivity contribution in [2.75, 3.05) is 6.61 Å². The van der Waals surface area contributed by atoms with Crippen LogP contribution in [0.25, 0.3) is 0 Å². The van der Waals surface area contributed by atoms with Crippen molar-refractivity contribution in [3.63, 3.8) is 0 Å². The zero-order valence-corrected chi connectivity index (χ0v) is 7.75. The third-order valence-electron chi connectivity index (χ3n) is 1.15. The summed E-state index contributed by atoms with van der Waals surface area (Å²) < 4.78 is 6.46. The molecule has 2 heteroatoms. The standard InChI is InChI=1S/C8H9AsO/c1-2-10-8-5-3-7(9)4-6-8/h3-6H,2H2,1H3. The summed E-state index contributed by atoms with van der Waals surface area (Å²) in [6.07, 6.45) is 0. The molecule has 0 bridgehead atoms. The SMILES string of the molecule is CCOc1ccc([As])cc1. The van der Waals surface area contributed by atoms with Crippen molar-refractivity contribution in [2.45, 2.75) is 6.92 Å². The maximum atomic E-state index is 5.25. The molecule has 1 nitrogen and oxygen atoms in total. The molecular formula is C8H9AsO.